The zero-order chi connectivity index (χ0) is 12.8. The summed E-state index contributed by atoms with van der Waals surface area (Å²) in [6.07, 6.45) is 2.50. The van der Waals surface area contributed by atoms with Gasteiger partial charge in [-0.25, -0.2) is 10.8 Å². The maximum Gasteiger partial charge on any atom is 0.240 e. The Bertz CT molecular complexity index is 503. The molecular formula is C12H15N5O. The Morgan fingerprint density at radius 1 is 1.33 bits per heavy atom. The van der Waals surface area contributed by atoms with Crippen molar-refractivity contribution < 1.29 is 4.74 Å². The van der Waals surface area contributed by atoms with E-state index in [2.05, 4.69) is 20.4 Å². The number of hydrogen-bond acceptors (Lipinski definition) is 6. The summed E-state index contributed by atoms with van der Waals surface area (Å²) in [5.74, 6) is 6.12. The number of nitrogen functional groups attached to an aromatic ring is 1. The van der Waals surface area contributed by atoms with Crippen LogP contribution in [0.2, 0.25) is 0 Å². The summed E-state index contributed by atoms with van der Waals surface area (Å²) >= 11 is 0. The normalized spacial score (nSPS) is 10.1. The molecule has 2 heterocycles. The number of nitrogens with two attached hydrogens (primary N) is 1. The molecule has 0 aliphatic rings. The van der Waals surface area contributed by atoms with E-state index in [0.29, 0.717) is 18.4 Å². The molecule has 0 aromatic carbocycles. The highest BCUT2D eigenvalue weighted by atomic mass is 16.5. The van der Waals surface area contributed by atoms with Gasteiger partial charge in [0, 0.05) is 30.1 Å². The lowest BCUT2D eigenvalue weighted by Gasteiger charge is -2.07. The Balaban J connectivity index is 1.92. The number of nitrogens with zero attached hydrogens (tertiary/aromatic N) is 3. The van der Waals surface area contributed by atoms with E-state index >= 15 is 0 Å². The fourth-order valence-electron chi connectivity index (χ4n) is 1.48. The number of rotatable bonds is 5. The van der Waals surface area contributed by atoms with Crippen LogP contribution >= 0.6 is 0 Å². The molecule has 0 fully saturated rings. The van der Waals surface area contributed by atoms with E-state index in [-0.39, 0.29) is 0 Å². The average Bonchev–Trinajstić information content (AvgIpc) is 2.39. The maximum atomic E-state index is 5.55. The minimum Gasteiger partial charge on any atom is -0.477 e. The van der Waals surface area contributed by atoms with E-state index in [4.69, 9.17) is 10.6 Å². The van der Waals surface area contributed by atoms with Gasteiger partial charge in [0.05, 0.1) is 6.61 Å². The molecule has 0 saturated heterocycles. The van der Waals surface area contributed by atoms with Gasteiger partial charge in [0.25, 0.3) is 0 Å². The van der Waals surface area contributed by atoms with Gasteiger partial charge in [0.1, 0.15) is 0 Å². The molecule has 3 N–H and O–H groups in total. The lowest BCUT2D eigenvalue weighted by Crippen LogP contribution is -2.12. The lowest BCUT2D eigenvalue weighted by molar-refractivity contribution is 0.308. The molecule has 18 heavy (non-hydrogen) atoms. The number of aryl methyl sites for hydroxylation is 1. The topological polar surface area (TPSA) is 86.0 Å². The summed E-state index contributed by atoms with van der Waals surface area (Å²) in [5.41, 5.74) is 4.19. The first-order valence-corrected chi connectivity index (χ1v) is 5.63. The summed E-state index contributed by atoms with van der Waals surface area (Å²) < 4.78 is 5.55. The van der Waals surface area contributed by atoms with Crippen LogP contribution in [0.1, 0.15) is 11.4 Å². The SMILES string of the molecule is Cc1cc(OCCc2ccccn2)nc(NN)n1. The number of aromatic nitrogens is 3. The summed E-state index contributed by atoms with van der Waals surface area (Å²) in [6.45, 7) is 2.37. The van der Waals surface area contributed by atoms with E-state index in [1.807, 2.05) is 25.1 Å². The fraction of sp³-hybridized carbons (Fsp3) is 0.250. The number of hydrazine groups is 1. The number of ether oxygens (including phenoxy) is 1. The molecule has 0 spiro atoms. The summed E-state index contributed by atoms with van der Waals surface area (Å²) in [4.78, 5) is 12.4. The molecule has 0 radical (unpaired) electrons. The fourth-order valence-corrected chi connectivity index (χ4v) is 1.48. The standard InChI is InChI=1S/C12H15N5O/c1-9-8-11(16-12(15-9)17-13)18-7-5-10-4-2-3-6-14-10/h2-4,6,8H,5,7,13H2,1H3,(H,15,16,17). The predicted octanol–water partition coefficient (Wildman–Crippen LogP) is 1.09. The third kappa shape index (κ3) is 3.39. The minimum atomic E-state index is 0.350. The molecule has 2 rings (SSSR count). The summed E-state index contributed by atoms with van der Waals surface area (Å²) in [6, 6.07) is 7.56. The van der Waals surface area contributed by atoms with Crippen LogP contribution < -0.4 is 16.0 Å². The van der Waals surface area contributed by atoms with Crippen LogP contribution in [-0.4, -0.2) is 21.6 Å². The van der Waals surface area contributed by atoms with Crippen LogP contribution in [0.25, 0.3) is 0 Å². The van der Waals surface area contributed by atoms with Crippen molar-refractivity contribution in [1.29, 1.82) is 0 Å². The van der Waals surface area contributed by atoms with Crippen LogP contribution in [0.5, 0.6) is 5.88 Å². The van der Waals surface area contributed by atoms with Gasteiger partial charge in [0.2, 0.25) is 11.8 Å². The first-order chi connectivity index (χ1) is 8.78. The Kier molecular flexibility index (Phi) is 4.03. The molecule has 0 unspecified atom stereocenters. The van der Waals surface area contributed by atoms with Gasteiger partial charge in [-0.05, 0) is 19.1 Å². The van der Waals surface area contributed by atoms with Gasteiger partial charge >= 0.3 is 0 Å². The van der Waals surface area contributed by atoms with Gasteiger partial charge in [-0.2, -0.15) is 4.98 Å². The zero-order valence-corrected chi connectivity index (χ0v) is 10.1. The predicted molar refractivity (Wildman–Crippen MR) is 68.0 cm³/mol. The van der Waals surface area contributed by atoms with E-state index in [0.717, 1.165) is 17.8 Å². The Labute approximate surface area is 105 Å². The second-order valence-corrected chi connectivity index (χ2v) is 3.74. The Morgan fingerprint density at radius 2 is 2.22 bits per heavy atom. The first kappa shape index (κ1) is 12.3. The minimum absolute atomic E-state index is 0.350. The monoisotopic (exact) mass is 245 g/mol. The molecule has 0 saturated carbocycles. The Morgan fingerprint density at radius 3 is 2.94 bits per heavy atom. The highest BCUT2D eigenvalue weighted by Crippen LogP contribution is 2.11. The molecule has 0 atom stereocenters. The maximum absolute atomic E-state index is 5.55. The molecule has 0 aliphatic heterocycles. The summed E-state index contributed by atoms with van der Waals surface area (Å²) in [5, 5.41) is 0. The summed E-state index contributed by atoms with van der Waals surface area (Å²) in [7, 11) is 0. The van der Waals surface area contributed by atoms with Gasteiger partial charge in [-0.15, -0.1) is 0 Å². The zero-order valence-electron chi connectivity index (χ0n) is 10.1. The number of nitrogens with one attached hydrogen (secondary N) is 1. The van der Waals surface area contributed by atoms with E-state index in [1.54, 1.807) is 12.3 Å². The first-order valence-electron chi connectivity index (χ1n) is 5.63. The second-order valence-electron chi connectivity index (χ2n) is 3.74. The van der Waals surface area contributed by atoms with Crippen molar-refractivity contribution in [3.05, 3.63) is 41.9 Å². The van der Waals surface area contributed by atoms with Crippen LogP contribution in [0.4, 0.5) is 5.95 Å². The molecule has 94 valence electrons. The molecule has 2 aromatic heterocycles. The lowest BCUT2D eigenvalue weighted by atomic mass is 10.3. The quantitative estimate of drug-likeness (QED) is 0.605. The molecular weight excluding hydrogens is 230 g/mol. The number of hydrogen-bond donors (Lipinski definition) is 2. The van der Waals surface area contributed by atoms with Crippen molar-refractivity contribution in [1.82, 2.24) is 15.0 Å². The van der Waals surface area contributed by atoms with Crippen molar-refractivity contribution in [3.8, 4) is 5.88 Å². The highest BCUT2D eigenvalue weighted by molar-refractivity contribution is 5.28. The van der Waals surface area contributed by atoms with Crippen LogP contribution in [-0.2, 0) is 6.42 Å². The van der Waals surface area contributed by atoms with Crippen molar-refractivity contribution in [2.24, 2.45) is 5.84 Å². The molecule has 0 aliphatic carbocycles. The van der Waals surface area contributed by atoms with Crippen LogP contribution in [0.3, 0.4) is 0 Å². The van der Waals surface area contributed by atoms with Gasteiger partial charge < -0.3 is 4.74 Å². The molecule has 0 bridgehead atoms. The molecule has 2 aromatic rings. The van der Waals surface area contributed by atoms with Gasteiger partial charge in [-0.1, -0.05) is 6.07 Å². The van der Waals surface area contributed by atoms with E-state index < -0.39 is 0 Å². The molecule has 6 nitrogen and oxygen atoms in total. The van der Waals surface area contributed by atoms with Crippen LogP contribution in [0, 0.1) is 6.92 Å². The third-order valence-corrected chi connectivity index (χ3v) is 2.29. The van der Waals surface area contributed by atoms with Crippen molar-refractivity contribution in [3.63, 3.8) is 0 Å². The van der Waals surface area contributed by atoms with E-state index in [9.17, 15) is 0 Å². The smallest absolute Gasteiger partial charge is 0.240 e. The van der Waals surface area contributed by atoms with Crippen molar-refractivity contribution in [2.75, 3.05) is 12.0 Å². The molecule has 6 heteroatoms. The van der Waals surface area contributed by atoms with Crippen molar-refractivity contribution >= 4 is 5.95 Å². The number of pyridine rings is 1. The number of anilines is 1. The molecule has 0 amide bonds. The second kappa shape index (κ2) is 5.92. The van der Waals surface area contributed by atoms with Crippen molar-refractivity contribution in [2.45, 2.75) is 13.3 Å². The third-order valence-electron chi connectivity index (χ3n) is 2.29. The van der Waals surface area contributed by atoms with Gasteiger partial charge in [0.15, 0.2) is 0 Å². The van der Waals surface area contributed by atoms with E-state index in [1.165, 1.54) is 0 Å². The highest BCUT2D eigenvalue weighted by Gasteiger charge is 2.02. The van der Waals surface area contributed by atoms with Gasteiger partial charge in [-0.3, -0.25) is 10.4 Å². The van der Waals surface area contributed by atoms with Crippen LogP contribution in [0.15, 0.2) is 30.5 Å². The average molecular weight is 245 g/mol. The largest absolute Gasteiger partial charge is 0.477 e. The Hall–Kier alpha value is -2.21.